The second-order valence-electron chi connectivity index (χ2n) is 11.0. The van der Waals surface area contributed by atoms with Crippen molar-refractivity contribution < 1.29 is 33.6 Å². The van der Waals surface area contributed by atoms with Crippen molar-refractivity contribution in [3.05, 3.63) is 90.0 Å². The smallest absolute Gasteiger partial charge is 0.306 e. The highest BCUT2D eigenvalue weighted by Crippen LogP contribution is 2.44. The maximum absolute atomic E-state index is 14.2. The standard InChI is InChI=1S/C33H38N2O7/c1-32(2,3)42-28(37)18-19-33(31(38)34-25-11-6-5-7-12-25)29(24-10-8-13-27(22-24)39-4)41-30(35-33)23-14-16-26(17-15-23)40-21-9-20-36/h5-8,10-17,22,29,36H,9,18-21H2,1-4H3,(H,34,38)/t29-,33-/m1/s1. The molecule has 9 heteroatoms. The molecule has 0 aromatic heterocycles. The summed E-state index contributed by atoms with van der Waals surface area (Å²) < 4.78 is 23.2. The number of ether oxygens (including phenoxy) is 4. The molecule has 0 unspecified atom stereocenters. The first-order valence-corrected chi connectivity index (χ1v) is 14.0. The van der Waals surface area contributed by atoms with Gasteiger partial charge in [0.1, 0.15) is 17.1 Å². The van der Waals surface area contributed by atoms with Gasteiger partial charge in [0.15, 0.2) is 11.6 Å². The van der Waals surface area contributed by atoms with Crippen LogP contribution in [0.2, 0.25) is 0 Å². The molecular formula is C33H38N2O7. The van der Waals surface area contributed by atoms with Gasteiger partial charge in [-0.25, -0.2) is 4.99 Å². The highest BCUT2D eigenvalue weighted by molar-refractivity contribution is 6.05. The zero-order valence-electron chi connectivity index (χ0n) is 24.5. The molecule has 0 aliphatic carbocycles. The third-order valence-corrected chi connectivity index (χ3v) is 6.59. The number of benzene rings is 3. The van der Waals surface area contributed by atoms with Crippen LogP contribution < -0.4 is 14.8 Å². The Morgan fingerprint density at radius 1 is 1.00 bits per heavy atom. The summed E-state index contributed by atoms with van der Waals surface area (Å²) >= 11 is 0. The lowest BCUT2D eigenvalue weighted by Crippen LogP contribution is -2.45. The highest BCUT2D eigenvalue weighted by Gasteiger charge is 2.53. The van der Waals surface area contributed by atoms with Crippen LogP contribution in [-0.4, -0.2) is 54.3 Å². The van der Waals surface area contributed by atoms with Crippen molar-refractivity contribution in [2.45, 2.75) is 57.3 Å². The Bertz CT molecular complexity index is 1380. The summed E-state index contributed by atoms with van der Waals surface area (Å²) in [5, 5.41) is 12.0. The molecule has 9 nitrogen and oxygen atoms in total. The SMILES string of the molecule is COc1cccc([C@H]2OC(c3ccc(OCCCO)cc3)=N[C@@]2(CCC(=O)OC(C)(C)C)C(=O)Nc2ccccc2)c1. The van der Waals surface area contributed by atoms with Crippen molar-refractivity contribution in [2.24, 2.45) is 4.99 Å². The average Bonchev–Trinajstić information content (AvgIpc) is 3.37. The number of aliphatic imine (C=N–C) groups is 1. The highest BCUT2D eigenvalue weighted by atomic mass is 16.6. The second kappa shape index (κ2) is 13.5. The molecule has 2 N–H and O–H groups in total. The van der Waals surface area contributed by atoms with Crippen molar-refractivity contribution in [2.75, 3.05) is 25.6 Å². The van der Waals surface area contributed by atoms with Crippen LogP contribution in [0.4, 0.5) is 5.69 Å². The van der Waals surface area contributed by atoms with Crippen molar-refractivity contribution in [1.82, 2.24) is 0 Å². The average molecular weight is 575 g/mol. The summed E-state index contributed by atoms with van der Waals surface area (Å²) in [7, 11) is 1.57. The molecular weight excluding hydrogens is 536 g/mol. The first-order chi connectivity index (χ1) is 20.1. The number of hydrogen-bond donors (Lipinski definition) is 2. The molecule has 3 aromatic rings. The van der Waals surface area contributed by atoms with Crippen molar-refractivity contribution in [1.29, 1.82) is 0 Å². The Kier molecular flexibility index (Phi) is 9.85. The number of aliphatic hydroxyl groups excluding tert-OH is 1. The lowest BCUT2D eigenvalue weighted by Gasteiger charge is -2.31. The van der Waals surface area contributed by atoms with Gasteiger partial charge in [-0.1, -0.05) is 30.3 Å². The number of amides is 1. The van der Waals surface area contributed by atoms with Crippen LogP contribution in [-0.2, 0) is 19.1 Å². The van der Waals surface area contributed by atoms with Crippen molar-refractivity contribution >= 4 is 23.5 Å². The number of carbonyl (C=O) groups is 2. The van der Waals surface area contributed by atoms with Crippen LogP contribution in [0.15, 0.2) is 83.9 Å². The van der Waals surface area contributed by atoms with E-state index in [1.807, 2.05) is 36.4 Å². The number of hydrogen-bond acceptors (Lipinski definition) is 8. The lowest BCUT2D eigenvalue weighted by molar-refractivity contribution is -0.155. The van der Waals surface area contributed by atoms with Gasteiger partial charge in [-0.15, -0.1) is 0 Å². The number of nitrogens with one attached hydrogen (secondary N) is 1. The normalized spacial score (nSPS) is 18.0. The molecule has 0 bridgehead atoms. The first-order valence-electron chi connectivity index (χ1n) is 14.0. The Labute approximate surface area is 246 Å². The molecule has 1 heterocycles. The molecule has 0 spiro atoms. The summed E-state index contributed by atoms with van der Waals surface area (Å²) in [5.41, 5.74) is -0.278. The number of nitrogens with zero attached hydrogens (tertiary/aromatic N) is 1. The number of esters is 1. The van der Waals surface area contributed by atoms with E-state index < -0.39 is 29.1 Å². The summed E-state index contributed by atoms with van der Waals surface area (Å²) in [6, 6.07) is 23.5. The van der Waals surface area contributed by atoms with Crippen LogP contribution in [0.1, 0.15) is 57.3 Å². The van der Waals surface area contributed by atoms with E-state index in [2.05, 4.69) is 5.32 Å². The van der Waals surface area contributed by atoms with E-state index in [9.17, 15) is 9.59 Å². The predicted octanol–water partition coefficient (Wildman–Crippen LogP) is 5.47. The summed E-state index contributed by atoms with van der Waals surface area (Å²) in [6.45, 7) is 5.83. The number of aliphatic hydroxyl groups is 1. The fourth-order valence-electron chi connectivity index (χ4n) is 4.62. The van der Waals surface area contributed by atoms with Gasteiger partial charge in [-0.2, -0.15) is 0 Å². The molecule has 1 aliphatic heterocycles. The minimum absolute atomic E-state index is 0.0360. The van der Waals surface area contributed by atoms with Gasteiger partial charge >= 0.3 is 5.97 Å². The molecule has 1 amide bonds. The topological polar surface area (TPSA) is 116 Å². The van der Waals surface area contributed by atoms with Gasteiger partial charge in [0.2, 0.25) is 5.90 Å². The van der Waals surface area contributed by atoms with Crippen LogP contribution in [0.25, 0.3) is 0 Å². The zero-order valence-corrected chi connectivity index (χ0v) is 24.5. The van der Waals surface area contributed by atoms with E-state index in [1.54, 1.807) is 70.3 Å². The molecule has 0 saturated heterocycles. The van der Waals surface area contributed by atoms with Crippen molar-refractivity contribution in [3.63, 3.8) is 0 Å². The first kappa shape index (κ1) is 30.6. The van der Waals surface area contributed by atoms with E-state index in [1.165, 1.54) is 0 Å². The number of carbonyl (C=O) groups excluding carboxylic acids is 2. The Balaban J connectivity index is 1.76. The van der Waals surface area contributed by atoms with Crippen LogP contribution in [0.5, 0.6) is 11.5 Å². The van der Waals surface area contributed by atoms with Gasteiger partial charge in [-0.05, 0) is 81.3 Å². The largest absolute Gasteiger partial charge is 0.497 e. The Morgan fingerprint density at radius 2 is 1.74 bits per heavy atom. The molecule has 0 saturated carbocycles. The maximum Gasteiger partial charge on any atom is 0.306 e. The summed E-state index contributed by atoms with van der Waals surface area (Å²) in [5.74, 6) is 0.638. The molecule has 4 rings (SSSR count). The third kappa shape index (κ3) is 7.67. The van der Waals surface area contributed by atoms with Crippen LogP contribution in [0, 0.1) is 0 Å². The fraction of sp³-hybridized carbons (Fsp3) is 0.364. The molecule has 42 heavy (non-hydrogen) atoms. The molecule has 3 aromatic carbocycles. The Morgan fingerprint density at radius 3 is 2.40 bits per heavy atom. The number of rotatable bonds is 12. The van der Waals surface area contributed by atoms with E-state index in [0.717, 1.165) is 0 Å². The minimum Gasteiger partial charge on any atom is -0.497 e. The quantitative estimate of drug-likeness (QED) is 0.218. The lowest BCUT2D eigenvalue weighted by atomic mass is 9.83. The van der Waals surface area contributed by atoms with Gasteiger partial charge < -0.3 is 29.4 Å². The number of methoxy groups -OCH3 is 1. The fourth-order valence-corrected chi connectivity index (χ4v) is 4.62. The number of para-hydroxylation sites is 1. The van der Waals surface area contributed by atoms with E-state index in [4.69, 9.17) is 29.0 Å². The Hall–Kier alpha value is -4.37. The maximum atomic E-state index is 14.2. The zero-order chi connectivity index (χ0) is 30.2. The molecule has 222 valence electrons. The van der Waals surface area contributed by atoms with Crippen LogP contribution in [0.3, 0.4) is 0 Å². The third-order valence-electron chi connectivity index (χ3n) is 6.59. The van der Waals surface area contributed by atoms with E-state index in [-0.39, 0.29) is 25.3 Å². The van der Waals surface area contributed by atoms with Crippen molar-refractivity contribution in [3.8, 4) is 11.5 Å². The minimum atomic E-state index is -1.51. The van der Waals surface area contributed by atoms with E-state index >= 15 is 0 Å². The van der Waals surface area contributed by atoms with E-state index in [0.29, 0.717) is 41.3 Å². The second-order valence-corrected chi connectivity index (χ2v) is 11.0. The molecule has 0 radical (unpaired) electrons. The van der Waals surface area contributed by atoms with Gasteiger partial charge in [0.05, 0.1) is 13.7 Å². The predicted molar refractivity (Wildman–Crippen MR) is 160 cm³/mol. The molecule has 2 atom stereocenters. The molecule has 0 fully saturated rings. The monoisotopic (exact) mass is 574 g/mol. The molecule has 1 aliphatic rings. The summed E-state index contributed by atoms with van der Waals surface area (Å²) in [4.78, 5) is 32.0. The summed E-state index contributed by atoms with van der Waals surface area (Å²) in [6.07, 6.45) is -0.364. The van der Waals surface area contributed by atoms with Crippen LogP contribution >= 0.6 is 0 Å². The van der Waals surface area contributed by atoms with Gasteiger partial charge in [0.25, 0.3) is 5.91 Å². The number of anilines is 1. The van der Waals surface area contributed by atoms with Gasteiger partial charge in [0, 0.05) is 30.7 Å². The van der Waals surface area contributed by atoms with Gasteiger partial charge in [-0.3, -0.25) is 9.59 Å².